The zero-order chi connectivity index (χ0) is 17.3. The first-order valence-electron chi connectivity index (χ1n) is 8.39. The van der Waals surface area contributed by atoms with E-state index in [2.05, 4.69) is 67.2 Å². The predicted octanol–water partition coefficient (Wildman–Crippen LogP) is 4.83. The van der Waals surface area contributed by atoms with Crippen molar-refractivity contribution in [1.82, 2.24) is 4.90 Å². The Morgan fingerprint density at radius 2 is 1.83 bits per heavy atom. The highest BCUT2D eigenvalue weighted by Crippen LogP contribution is 2.49. The number of para-hydroxylation sites is 1. The predicted molar refractivity (Wildman–Crippen MR) is 102 cm³/mol. The van der Waals surface area contributed by atoms with E-state index in [4.69, 9.17) is 0 Å². The highest BCUT2D eigenvalue weighted by Gasteiger charge is 2.27. The maximum absolute atomic E-state index is 12.2. The van der Waals surface area contributed by atoms with E-state index in [1.807, 2.05) is 13.0 Å². The minimum atomic E-state index is 0.196. The van der Waals surface area contributed by atoms with E-state index in [9.17, 15) is 4.79 Å². The Labute approximate surface area is 148 Å². The molecule has 1 unspecified atom stereocenters. The lowest BCUT2D eigenvalue weighted by molar-refractivity contribution is 0.0988. The molecule has 2 aromatic carbocycles. The number of Topliss-reactive ketones (excluding diaryl/α,β-unsaturated/α-hetero) is 1. The van der Waals surface area contributed by atoms with E-state index < -0.39 is 0 Å². The van der Waals surface area contributed by atoms with Gasteiger partial charge in [-0.2, -0.15) is 0 Å². The molecule has 1 aliphatic rings. The summed E-state index contributed by atoms with van der Waals surface area (Å²) in [5.74, 6) is 0.196. The van der Waals surface area contributed by atoms with Gasteiger partial charge in [0.2, 0.25) is 0 Å². The van der Waals surface area contributed by atoms with Crippen molar-refractivity contribution in [2.24, 2.45) is 0 Å². The maximum atomic E-state index is 12.2. The number of likely N-dealkylation sites (N-methyl/N-ethyl adjacent to an activating group) is 1. The summed E-state index contributed by atoms with van der Waals surface area (Å²) in [6.07, 6.45) is 0.537. The van der Waals surface area contributed by atoms with Gasteiger partial charge < -0.3 is 9.80 Å². The van der Waals surface area contributed by atoms with E-state index in [1.54, 1.807) is 11.8 Å². The third-order valence-corrected chi connectivity index (χ3v) is 5.41. The molecule has 24 heavy (non-hydrogen) atoms. The fraction of sp³-hybridized carbons (Fsp3) is 0.350. The highest BCUT2D eigenvalue weighted by molar-refractivity contribution is 7.99. The lowest BCUT2D eigenvalue weighted by Gasteiger charge is -2.38. The molecule has 3 nitrogen and oxygen atoms in total. The van der Waals surface area contributed by atoms with Gasteiger partial charge in [0.25, 0.3) is 0 Å². The Morgan fingerprint density at radius 1 is 1.12 bits per heavy atom. The summed E-state index contributed by atoms with van der Waals surface area (Å²) in [7, 11) is 4.19. The molecule has 0 bridgehead atoms. The Morgan fingerprint density at radius 3 is 2.54 bits per heavy atom. The Balaban J connectivity index is 2.10. The Hall–Kier alpha value is -1.78. The number of anilines is 2. The number of rotatable bonds is 5. The van der Waals surface area contributed by atoms with Crippen LogP contribution in [-0.4, -0.2) is 37.4 Å². The van der Waals surface area contributed by atoms with Crippen LogP contribution in [0.15, 0.2) is 52.3 Å². The van der Waals surface area contributed by atoms with Crippen molar-refractivity contribution in [3.63, 3.8) is 0 Å². The van der Waals surface area contributed by atoms with Crippen LogP contribution in [0.25, 0.3) is 0 Å². The lowest BCUT2D eigenvalue weighted by Crippen LogP contribution is -2.38. The van der Waals surface area contributed by atoms with E-state index >= 15 is 0 Å². The molecular formula is C20H24N2OS. The van der Waals surface area contributed by atoms with Crippen molar-refractivity contribution in [1.29, 1.82) is 0 Å². The number of hydrogen-bond acceptors (Lipinski definition) is 4. The van der Waals surface area contributed by atoms with Crippen LogP contribution < -0.4 is 4.90 Å². The van der Waals surface area contributed by atoms with Crippen LogP contribution in [0.5, 0.6) is 0 Å². The zero-order valence-corrected chi connectivity index (χ0v) is 15.6. The summed E-state index contributed by atoms with van der Waals surface area (Å²) < 4.78 is 0. The summed E-state index contributed by atoms with van der Waals surface area (Å²) in [5.41, 5.74) is 3.18. The van der Waals surface area contributed by atoms with Crippen LogP contribution in [-0.2, 0) is 0 Å². The molecule has 2 aromatic rings. The van der Waals surface area contributed by atoms with E-state index in [-0.39, 0.29) is 5.78 Å². The number of fused-ring (bicyclic) bond motifs is 2. The van der Waals surface area contributed by atoms with E-state index in [0.717, 1.165) is 17.8 Å². The van der Waals surface area contributed by atoms with Gasteiger partial charge in [0.1, 0.15) is 0 Å². The summed E-state index contributed by atoms with van der Waals surface area (Å²) in [4.78, 5) is 19.2. The van der Waals surface area contributed by atoms with Gasteiger partial charge in [0.15, 0.2) is 5.78 Å². The van der Waals surface area contributed by atoms with Crippen LogP contribution in [0.1, 0.15) is 30.6 Å². The third kappa shape index (κ3) is 3.21. The third-order valence-electron chi connectivity index (χ3n) is 4.28. The lowest BCUT2D eigenvalue weighted by atomic mass is 10.1. The van der Waals surface area contributed by atoms with Crippen molar-refractivity contribution in [2.45, 2.75) is 36.1 Å². The molecular weight excluding hydrogens is 316 g/mol. The van der Waals surface area contributed by atoms with Crippen molar-refractivity contribution >= 4 is 28.9 Å². The first kappa shape index (κ1) is 17.1. The molecule has 0 N–H and O–H groups in total. The molecule has 0 fully saturated rings. The summed E-state index contributed by atoms with van der Waals surface area (Å²) in [5, 5.41) is 0. The minimum Gasteiger partial charge on any atom is -0.335 e. The number of ketones is 1. The topological polar surface area (TPSA) is 23.6 Å². The van der Waals surface area contributed by atoms with Crippen LogP contribution in [0.3, 0.4) is 0 Å². The van der Waals surface area contributed by atoms with Gasteiger partial charge in [-0.1, -0.05) is 36.9 Å². The molecule has 0 aliphatic carbocycles. The number of benzene rings is 2. The Bertz CT molecular complexity index is 757. The minimum absolute atomic E-state index is 0.196. The second-order valence-corrected chi connectivity index (χ2v) is 7.59. The number of carbonyl (C=O) groups is 1. The van der Waals surface area contributed by atoms with Crippen molar-refractivity contribution < 1.29 is 4.79 Å². The number of nitrogens with zero attached hydrogens (tertiary/aromatic N) is 2. The van der Waals surface area contributed by atoms with Crippen molar-refractivity contribution in [2.75, 3.05) is 25.5 Å². The van der Waals surface area contributed by atoms with Crippen LogP contribution in [0.2, 0.25) is 0 Å². The average Bonchev–Trinajstić information content (AvgIpc) is 2.57. The van der Waals surface area contributed by atoms with Crippen molar-refractivity contribution in [3.8, 4) is 0 Å². The molecule has 0 radical (unpaired) electrons. The number of carbonyl (C=O) groups excluding carboxylic acids is 1. The van der Waals surface area contributed by atoms with Gasteiger partial charge in [0.05, 0.1) is 11.4 Å². The molecule has 126 valence electrons. The van der Waals surface area contributed by atoms with Crippen LogP contribution in [0, 0.1) is 0 Å². The largest absolute Gasteiger partial charge is 0.335 e. The second-order valence-electron chi connectivity index (χ2n) is 6.51. The molecule has 0 spiro atoms. The molecule has 0 saturated carbocycles. The summed E-state index contributed by atoms with van der Waals surface area (Å²) in [6, 6.07) is 14.9. The normalized spacial score (nSPS) is 14.3. The molecule has 0 saturated heterocycles. The molecule has 1 aliphatic heterocycles. The van der Waals surface area contributed by atoms with E-state index in [0.29, 0.717) is 12.5 Å². The van der Waals surface area contributed by atoms with Gasteiger partial charge in [0, 0.05) is 34.4 Å². The van der Waals surface area contributed by atoms with Crippen LogP contribution >= 0.6 is 11.8 Å². The number of hydrogen-bond donors (Lipinski definition) is 0. The molecule has 0 amide bonds. The standard InChI is InChI=1S/C20H24N2OS/c1-5-18(23)15-10-11-20-17(12-15)22(14(2)13-21(3)4)16-8-6-7-9-19(16)24-20/h6-12,14H,5,13H2,1-4H3. The summed E-state index contributed by atoms with van der Waals surface area (Å²) >= 11 is 1.78. The highest BCUT2D eigenvalue weighted by atomic mass is 32.2. The monoisotopic (exact) mass is 340 g/mol. The van der Waals surface area contributed by atoms with E-state index in [1.165, 1.54) is 15.5 Å². The molecule has 4 heteroatoms. The average molecular weight is 340 g/mol. The quantitative estimate of drug-likeness (QED) is 0.727. The van der Waals surface area contributed by atoms with Gasteiger partial charge in [-0.15, -0.1) is 0 Å². The molecule has 1 heterocycles. The molecule has 0 aromatic heterocycles. The fourth-order valence-electron chi connectivity index (χ4n) is 3.25. The molecule has 3 rings (SSSR count). The SMILES string of the molecule is CCC(=O)c1ccc2c(c1)N(C(C)CN(C)C)c1ccccc1S2. The first-order chi connectivity index (χ1) is 11.5. The Kier molecular flexibility index (Phi) is 4.97. The maximum Gasteiger partial charge on any atom is 0.162 e. The zero-order valence-electron chi connectivity index (χ0n) is 14.7. The molecule has 1 atom stereocenters. The van der Waals surface area contributed by atoms with Gasteiger partial charge in [-0.3, -0.25) is 4.79 Å². The van der Waals surface area contributed by atoms with Crippen LogP contribution in [0.4, 0.5) is 11.4 Å². The van der Waals surface area contributed by atoms with Gasteiger partial charge in [-0.25, -0.2) is 0 Å². The fourth-order valence-corrected chi connectivity index (χ4v) is 4.30. The van der Waals surface area contributed by atoms with Crippen molar-refractivity contribution in [3.05, 3.63) is 48.0 Å². The second kappa shape index (κ2) is 6.99. The summed E-state index contributed by atoms with van der Waals surface area (Å²) in [6.45, 7) is 5.10. The van der Waals surface area contributed by atoms with Gasteiger partial charge >= 0.3 is 0 Å². The van der Waals surface area contributed by atoms with Gasteiger partial charge in [-0.05, 0) is 45.3 Å². The first-order valence-corrected chi connectivity index (χ1v) is 9.21. The smallest absolute Gasteiger partial charge is 0.162 e.